The lowest BCUT2D eigenvalue weighted by atomic mass is 9.69. The molecule has 0 fully saturated rings. The Morgan fingerprint density at radius 2 is 1.69 bits per heavy atom. The number of amides is 1. The summed E-state index contributed by atoms with van der Waals surface area (Å²) in [7, 11) is 0. The van der Waals surface area contributed by atoms with E-state index in [2.05, 4.69) is 11.2 Å². The van der Waals surface area contributed by atoms with Gasteiger partial charge in [-0.15, -0.1) is 6.42 Å². The van der Waals surface area contributed by atoms with Crippen LogP contribution in [0.3, 0.4) is 0 Å². The molecule has 6 heteroatoms. The first-order valence-corrected chi connectivity index (χ1v) is 8.98. The van der Waals surface area contributed by atoms with Gasteiger partial charge >= 0.3 is 5.97 Å². The van der Waals surface area contributed by atoms with Crippen molar-refractivity contribution in [2.75, 3.05) is 5.32 Å². The minimum Gasteiger partial charge on any atom is -0.481 e. The Balaban J connectivity index is 2.74. The second-order valence-electron chi connectivity index (χ2n) is 8.03. The van der Waals surface area contributed by atoms with E-state index in [0.717, 1.165) is 6.07 Å². The molecule has 0 bridgehead atoms. The summed E-state index contributed by atoms with van der Waals surface area (Å²) in [4.78, 5) is 24.7. The van der Waals surface area contributed by atoms with Crippen LogP contribution in [0.4, 0.5) is 14.5 Å². The Labute approximate surface area is 169 Å². The Morgan fingerprint density at radius 3 is 2.17 bits per heavy atom. The highest BCUT2D eigenvalue weighted by atomic mass is 19.1. The van der Waals surface area contributed by atoms with Gasteiger partial charge in [0.15, 0.2) is 0 Å². The van der Waals surface area contributed by atoms with E-state index in [1.54, 1.807) is 51.1 Å². The van der Waals surface area contributed by atoms with E-state index in [1.165, 1.54) is 6.92 Å². The number of nitrogens with one attached hydrogen (secondary N) is 1. The van der Waals surface area contributed by atoms with Gasteiger partial charge in [0.1, 0.15) is 17.0 Å². The summed E-state index contributed by atoms with van der Waals surface area (Å²) >= 11 is 0. The molecule has 0 saturated heterocycles. The molecule has 2 aromatic carbocycles. The zero-order valence-corrected chi connectivity index (χ0v) is 16.7. The molecule has 0 spiro atoms. The number of carbonyl (C=O) groups is 2. The third-order valence-corrected chi connectivity index (χ3v) is 4.88. The molecular formula is C23H23F2NO3. The quantitative estimate of drug-likeness (QED) is 0.716. The van der Waals surface area contributed by atoms with Crippen LogP contribution in [0.1, 0.15) is 44.7 Å². The van der Waals surface area contributed by atoms with E-state index < -0.39 is 40.3 Å². The van der Waals surface area contributed by atoms with Crippen molar-refractivity contribution in [3.8, 4) is 12.3 Å². The highest BCUT2D eigenvalue weighted by molar-refractivity contribution is 5.96. The highest BCUT2D eigenvalue weighted by Crippen LogP contribution is 2.43. The second kappa shape index (κ2) is 8.04. The lowest BCUT2D eigenvalue weighted by Gasteiger charge is -2.33. The van der Waals surface area contributed by atoms with E-state index in [0.29, 0.717) is 11.6 Å². The third kappa shape index (κ3) is 4.29. The molecule has 29 heavy (non-hydrogen) atoms. The number of carbonyl (C=O) groups excluding carboxylic acids is 1. The van der Waals surface area contributed by atoms with Crippen LogP contribution in [0, 0.1) is 29.4 Å². The molecule has 2 atom stereocenters. The fourth-order valence-corrected chi connectivity index (χ4v) is 3.02. The smallest absolute Gasteiger partial charge is 0.315 e. The van der Waals surface area contributed by atoms with Crippen LogP contribution in [-0.4, -0.2) is 17.0 Å². The van der Waals surface area contributed by atoms with Crippen molar-refractivity contribution in [1.29, 1.82) is 0 Å². The molecule has 0 aliphatic heterocycles. The number of carboxylic acids is 1. The van der Waals surface area contributed by atoms with Gasteiger partial charge in [-0.25, -0.2) is 8.78 Å². The first kappa shape index (κ1) is 22.1. The van der Waals surface area contributed by atoms with Gasteiger partial charge in [-0.05, 0) is 24.1 Å². The molecule has 0 aliphatic rings. The molecule has 0 saturated carbocycles. The summed E-state index contributed by atoms with van der Waals surface area (Å²) in [5.41, 5.74) is -2.63. The molecule has 0 aliphatic carbocycles. The molecule has 152 valence electrons. The van der Waals surface area contributed by atoms with E-state index in [1.807, 2.05) is 0 Å². The van der Waals surface area contributed by atoms with Gasteiger partial charge in [-0.2, -0.15) is 0 Å². The van der Waals surface area contributed by atoms with Crippen LogP contribution >= 0.6 is 0 Å². The van der Waals surface area contributed by atoms with Crippen LogP contribution < -0.4 is 5.32 Å². The molecule has 2 N–H and O–H groups in total. The summed E-state index contributed by atoms with van der Waals surface area (Å²) in [5.74, 6) is -2.61. The van der Waals surface area contributed by atoms with Gasteiger partial charge in [0.2, 0.25) is 5.91 Å². The van der Waals surface area contributed by atoms with Gasteiger partial charge < -0.3 is 10.4 Å². The van der Waals surface area contributed by atoms with Crippen molar-refractivity contribution in [3.63, 3.8) is 0 Å². The van der Waals surface area contributed by atoms with E-state index in [9.17, 15) is 23.5 Å². The van der Waals surface area contributed by atoms with Crippen LogP contribution in [0.15, 0.2) is 42.5 Å². The number of terminal acetylenes is 1. The van der Waals surface area contributed by atoms with Gasteiger partial charge in [-0.3, -0.25) is 9.59 Å². The monoisotopic (exact) mass is 399 g/mol. The third-order valence-electron chi connectivity index (χ3n) is 4.88. The maximum absolute atomic E-state index is 14.7. The van der Waals surface area contributed by atoms with Crippen LogP contribution in [0.5, 0.6) is 0 Å². The lowest BCUT2D eigenvalue weighted by Crippen LogP contribution is -2.39. The fourth-order valence-electron chi connectivity index (χ4n) is 3.02. The number of aliphatic carboxylic acids is 1. The Morgan fingerprint density at radius 1 is 1.10 bits per heavy atom. The maximum Gasteiger partial charge on any atom is 0.315 e. The minimum absolute atomic E-state index is 0.114. The van der Waals surface area contributed by atoms with E-state index in [-0.39, 0.29) is 11.3 Å². The lowest BCUT2D eigenvalue weighted by molar-refractivity contribution is -0.143. The number of halogens is 2. The largest absolute Gasteiger partial charge is 0.481 e. The molecule has 0 radical (unpaired) electrons. The van der Waals surface area contributed by atoms with Crippen molar-refractivity contribution in [3.05, 3.63) is 65.2 Å². The molecular weight excluding hydrogens is 376 g/mol. The summed E-state index contributed by atoms with van der Waals surface area (Å²) in [6.45, 7) is 6.29. The topological polar surface area (TPSA) is 66.4 Å². The zero-order valence-electron chi connectivity index (χ0n) is 16.7. The predicted octanol–water partition coefficient (Wildman–Crippen LogP) is 4.71. The summed E-state index contributed by atoms with van der Waals surface area (Å²) in [6, 6.07) is 9.78. The normalized spacial score (nSPS) is 14.4. The SMILES string of the molecule is C#CC(c1cc(F)cc(F)c1NC(=O)C(C)(C)C)C(C)(C(=O)O)c1ccccc1. The molecule has 2 unspecified atom stereocenters. The zero-order chi connectivity index (χ0) is 22.0. The number of hydrogen-bond donors (Lipinski definition) is 2. The molecule has 0 aromatic heterocycles. The number of rotatable bonds is 5. The number of anilines is 1. The van der Waals surface area contributed by atoms with Crippen molar-refractivity contribution in [1.82, 2.24) is 0 Å². The Bertz CT molecular complexity index is 974. The van der Waals surface area contributed by atoms with Crippen LogP contribution in [0.25, 0.3) is 0 Å². The van der Waals surface area contributed by atoms with Crippen molar-refractivity contribution in [2.24, 2.45) is 5.41 Å². The first-order valence-electron chi connectivity index (χ1n) is 8.98. The maximum atomic E-state index is 14.7. The van der Waals surface area contributed by atoms with Gasteiger partial charge in [0.25, 0.3) is 0 Å². The van der Waals surface area contributed by atoms with Gasteiger partial charge in [-0.1, -0.05) is 57.0 Å². The average Bonchev–Trinajstić information content (AvgIpc) is 2.64. The second-order valence-corrected chi connectivity index (χ2v) is 8.03. The Hall–Kier alpha value is -3.20. The highest BCUT2D eigenvalue weighted by Gasteiger charge is 2.45. The molecule has 4 nitrogen and oxygen atoms in total. The van der Waals surface area contributed by atoms with Crippen molar-refractivity contribution < 1.29 is 23.5 Å². The number of hydrogen-bond acceptors (Lipinski definition) is 2. The van der Waals surface area contributed by atoms with Crippen LogP contribution in [0.2, 0.25) is 0 Å². The number of benzene rings is 2. The first-order chi connectivity index (χ1) is 13.4. The molecule has 2 rings (SSSR count). The molecule has 1 amide bonds. The molecule has 2 aromatic rings. The number of carboxylic acid groups (broad SMARTS) is 1. The van der Waals surface area contributed by atoms with Gasteiger partial charge in [0, 0.05) is 11.5 Å². The van der Waals surface area contributed by atoms with Crippen molar-refractivity contribution >= 4 is 17.6 Å². The van der Waals surface area contributed by atoms with Gasteiger partial charge in [0.05, 0.1) is 11.6 Å². The van der Waals surface area contributed by atoms with E-state index in [4.69, 9.17) is 6.42 Å². The molecule has 0 heterocycles. The van der Waals surface area contributed by atoms with E-state index >= 15 is 0 Å². The Kier molecular flexibility index (Phi) is 6.13. The fraction of sp³-hybridized carbons (Fsp3) is 0.304. The summed E-state index contributed by atoms with van der Waals surface area (Å²) in [5, 5.41) is 12.5. The minimum atomic E-state index is -1.70. The van der Waals surface area contributed by atoms with Crippen molar-refractivity contribution in [2.45, 2.75) is 39.0 Å². The summed E-state index contributed by atoms with van der Waals surface area (Å²) in [6.07, 6.45) is 5.68. The van der Waals surface area contributed by atoms with Crippen LogP contribution in [-0.2, 0) is 15.0 Å². The predicted molar refractivity (Wildman–Crippen MR) is 107 cm³/mol. The summed E-state index contributed by atoms with van der Waals surface area (Å²) < 4.78 is 28.8. The average molecular weight is 399 g/mol. The standard InChI is InChI=1S/C23H23F2NO3/c1-6-17(23(5,21(28)29)14-10-8-7-9-11-14)16-12-15(24)13-18(25)19(16)26-20(27)22(2,3)4/h1,7-13,17H,2-5H3,(H,26,27)(H,28,29).